The van der Waals surface area contributed by atoms with E-state index in [1.807, 2.05) is 6.20 Å². The van der Waals surface area contributed by atoms with Gasteiger partial charge in [0, 0.05) is 36.0 Å². The van der Waals surface area contributed by atoms with Crippen LogP contribution in [0.25, 0.3) is 27.7 Å². The van der Waals surface area contributed by atoms with E-state index in [-0.39, 0.29) is 0 Å². The highest BCUT2D eigenvalue weighted by Gasteiger charge is 2.35. The highest BCUT2D eigenvalue weighted by atomic mass is 15.1. The molecule has 0 atom stereocenters. The fourth-order valence-electron chi connectivity index (χ4n) is 5.68. The number of hydrogen-bond acceptors (Lipinski definition) is 5. The minimum atomic E-state index is 0.478. The average Bonchev–Trinajstić information content (AvgIpc) is 3.60. The topological polar surface area (TPSA) is 81.7 Å². The van der Waals surface area contributed by atoms with Gasteiger partial charge in [0.25, 0.3) is 0 Å². The molecule has 1 spiro atoms. The first-order valence-electron chi connectivity index (χ1n) is 11.6. The predicted molar refractivity (Wildman–Crippen MR) is 124 cm³/mol. The van der Waals surface area contributed by atoms with Gasteiger partial charge >= 0.3 is 0 Å². The van der Waals surface area contributed by atoms with Gasteiger partial charge in [-0.2, -0.15) is 0 Å². The van der Waals surface area contributed by atoms with Gasteiger partial charge in [-0.25, -0.2) is 9.97 Å². The molecule has 31 heavy (non-hydrogen) atoms. The number of hydrogen-bond donors (Lipinski definition) is 2. The Morgan fingerprint density at radius 3 is 2.61 bits per heavy atom. The van der Waals surface area contributed by atoms with Crippen LogP contribution in [0.1, 0.15) is 62.3 Å². The Bertz CT molecular complexity index is 1160. The first kappa shape index (κ1) is 19.0. The second kappa shape index (κ2) is 7.16. The minimum Gasteiger partial charge on any atom is -0.383 e. The maximum Gasteiger partial charge on any atom is 0.146 e. The zero-order valence-electron chi connectivity index (χ0n) is 18.2. The van der Waals surface area contributed by atoms with Crippen LogP contribution in [0.3, 0.4) is 0 Å². The summed E-state index contributed by atoms with van der Waals surface area (Å²) < 4.78 is 2.21. The van der Waals surface area contributed by atoms with E-state index >= 15 is 0 Å². The van der Waals surface area contributed by atoms with Crippen molar-refractivity contribution < 1.29 is 0 Å². The summed E-state index contributed by atoms with van der Waals surface area (Å²) in [6, 6.07) is 4.40. The molecule has 3 aromatic heterocycles. The van der Waals surface area contributed by atoms with Crippen molar-refractivity contribution in [2.24, 2.45) is 12.5 Å². The van der Waals surface area contributed by atoms with E-state index in [1.165, 1.54) is 49.1 Å². The summed E-state index contributed by atoms with van der Waals surface area (Å²) in [6.45, 7) is 2.29. The van der Waals surface area contributed by atoms with Gasteiger partial charge in [0.15, 0.2) is 0 Å². The number of nitrogens with two attached hydrogens (primary N) is 1. The molecule has 0 amide bonds. The van der Waals surface area contributed by atoms with Crippen molar-refractivity contribution in [2.75, 3.05) is 18.8 Å². The fourth-order valence-corrected chi connectivity index (χ4v) is 5.68. The third kappa shape index (κ3) is 3.16. The van der Waals surface area contributed by atoms with E-state index in [0.717, 1.165) is 48.1 Å². The minimum absolute atomic E-state index is 0.478. The summed E-state index contributed by atoms with van der Waals surface area (Å²) in [5.41, 5.74) is 13.9. The molecule has 4 heterocycles. The molecule has 1 aliphatic heterocycles. The largest absolute Gasteiger partial charge is 0.383 e. The smallest absolute Gasteiger partial charge is 0.146 e. The van der Waals surface area contributed by atoms with Crippen LogP contribution in [0.4, 0.5) is 5.82 Å². The number of rotatable bonds is 3. The van der Waals surface area contributed by atoms with E-state index in [9.17, 15) is 0 Å². The van der Waals surface area contributed by atoms with Crippen LogP contribution in [0.2, 0.25) is 0 Å². The molecular weight excluding hydrogens is 384 g/mol. The van der Waals surface area contributed by atoms with Crippen molar-refractivity contribution in [1.82, 2.24) is 24.8 Å². The Morgan fingerprint density at radius 2 is 1.94 bits per heavy atom. The van der Waals surface area contributed by atoms with Crippen molar-refractivity contribution >= 4 is 22.4 Å². The number of nitrogen functional groups attached to an aromatic ring is 1. The molecule has 160 valence electrons. The Labute approximate surface area is 183 Å². The molecule has 0 aromatic carbocycles. The van der Waals surface area contributed by atoms with Gasteiger partial charge in [-0.1, -0.05) is 12.1 Å². The normalized spacial score (nSPS) is 20.9. The zero-order chi connectivity index (χ0) is 21.0. The van der Waals surface area contributed by atoms with Gasteiger partial charge in [-0.3, -0.25) is 4.98 Å². The van der Waals surface area contributed by atoms with Gasteiger partial charge in [0.2, 0.25) is 0 Å². The van der Waals surface area contributed by atoms with E-state index in [0.29, 0.717) is 17.2 Å². The van der Waals surface area contributed by atoms with E-state index in [2.05, 4.69) is 45.1 Å². The third-order valence-electron chi connectivity index (χ3n) is 7.74. The number of aromatic nitrogens is 4. The first-order valence-corrected chi connectivity index (χ1v) is 11.6. The molecule has 1 saturated heterocycles. The van der Waals surface area contributed by atoms with Crippen molar-refractivity contribution in [1.29, 1.82) is 0 Å². The number of aryl methyl sites for hydroxylation is 1. The lowest BCUT2D eigenvalue weighted by Crippen LogP contribution is -2.37. The quantitative estimate of drug-likeness (QED) is 0.663. The van der Waals surface area contributed by atoms with Crippen LogP contribution >= 0.6 is 0 Å². The molecule has 2 aliphatic carbocycles. The molecular formula is C25H30N6. The Hall–Kier alpha value is -2.73. The van der Waals surface area contributed by atoms with Crippen LogP contribution in [0.15, 0.2) is 30.7 Å². The highest BCUT2D eigenvalue weighted by Crippen LogP contribution is 2.48. The van der Waals surface area contributed by atoms with Gasteiger partial charge < -0.3 is 15.6 Å². The molecule has 1 saturated carbocycles. The number of anilines is 1. The Kier molecular flexibility index (Phi) is 4.39. The summed E-state index contributed by atoms with van der Waals surface area (Å²) >= 11 is 0. The fraction of sp³-hybridized carbons (Fsp3) is 0.480. The van der Waals surface area contributed by atoms with Crippen molar-refractivity contribution in [2.45, 2.75) is 50.9 Å². The lowest BCUT2D eigenvalue weighted by atomic mass is 9.68. The van der Waals surface area contributed by atoms with Crippen LogP contribution < -0.4 is 11.1 Å². The first-order chi connectivity index (χ1) is 15.2. The molecule has 2 fully saturated rings. The number of fused-ring (bicyclic) bond motifs is 1. The van der Waals surface area contributed by atoms with Gasteiger partial charge in [-0.15, -0.1) is 0 Å². The summed E-state index contributed by atoms with van der Waals surface area (Å²) in [7, 11) is 2.11. The highest BCUT2D eigenvalue weighted by molar-refractivity contribution is 6.05. The summed E-state index contributed by atoms with van der Waals surface area (Å²) in [6.07, 6.45) is 14.7. The number of allylic oxidation sites excluding steroid dienone is 2. The molecule has 0 unspecified atom stereocenters. The molecule has 0 radical (unpaired) electrons. The molecule has 3 aromatic rings. The van der Waals surface area contributed by atoms with E-state index in [4.69, 9.17) is 10.7 Å². The number of pyridine rings is 1. The summed E-state index contributed by atoms with van der Waals surface area (Å²) in [4.78, 5) is 13.7. The molecule has 6 nitrogen and oxygen atoms in total. The maximum atomic E-state index is 6.39. The van der Waals surface area contributed by atoms with Crippen molar-refractivity contribution in [3.8, 4) is 11.1 Å². The molecule has 0 bridgehead atoms. The number of nitrogens with zero attached hydrogens (tertiary/aromatic N) is 4. The van der Waals surface area contributed by atoms with Crippen LogP contribution in [-0.4, -0.2) is 32.6 Å². The standard InChI is InChI=1S/C25H30N6/c1-31-22(17-6-8-25(9-7-17)10-12-27-13-11-25)20(21-23(26)29-15-30-24(21)31)18-4-5-19(28-14-18)16-2-3-16/h4-6,14-16,27H,2-3,7-13H2,1H3,(H2,26,29,30). The molecule has 3 aliphatic rings. The van der Waals surface area contributed by atoms with E-state index < -0.39 is 0 Å². The second-order valence-electron chi connectivity index (χ2n) is 9.67. The third-order valence-corrected chi connectivity index (χ3v) is 7.74. The summed E-state index contributed by atoms with van der Waals surface area (Å²) in [5, 5.41) is 4.47. The Morgan fingerprint density at radius 1 is 1.10 bits per heavy atom. The van der Waals surface area contributed by atoms with Crippen LogP contribution in [0.5, 0.6) is 0 Å². The Balaban J connectivity index is 1.48. The molecule has 6 heteroatoms. The van der Waals surface area contributed by atoms with Crippen LogP contribution in [0, 0.1) is 5.41 Å². The average molecular weight is 415 g/mol. The van der Waals surface area contributed by atoms with Gasteiger partial charge in [0.05, 0.1) is 11.1 Å². The van der Waals surface area contributed by atoms with E-state index in [1.54, 1.807) is 6.33 Å². The maximum absolute atomic E-state index is 6.39. The monoisotopic (exact) mass is 414 g/mol. The second-order valence-corrected chi connectivity index (χ2v) is 9.67. The SMILES string of the molecule is Cn1c(C2=CCC3(CCNCC3)CC2)c(-c2ccc(C3CC3)nc2)c2c(N)ncnc21. The zero-order valence-corrected chi connectivity index (χ0v) is 18.2. The van der Waals surface area contributed by atoms with Gasteiger partial charge in [-0.05, 0) is 75.1 Å². The number of nitrogens with one attached hydrogen (secondary N) is 1. The predicted octanol–water partition coefficient (Wildman–Crippen LogP) is 4.43. The van der Waals surface area contributed by atoms with Crippen molar-refractivity contribution in [3.05, 3.63) is 42.1 Å². The van der Waals surface area contributed by atoms with Crippen molar-refractivity contribution in [3.63, 3.8) is 0 Å². The lowest BCUT2D eigenvalue weighted by Gasteiger charge is -2.40. The molecule has 3 N–H and O–H groups in total. The number of piperidine rings is 1. The van der Waals surface area contributed by atoms with Crippen LogP contribution in [-0.2, 0) is 7.05 Å². The summed E-state index contributed by atoms with van der Waals surface area (Å²) in [5.74, 6) is 1.19. The molecule has 6 rings (SSSR count). The lowest BCUT2D eigenvalue weighted by molar-refractivity contribution is 0.184. The van der Waals surface area contributed by atoms with Gasteiger partial charge in [0.1, 0.15) is 17.8 Å².